The van der Waals surface area contributed by atoms with Gasteiger partial charge in [0, 0.05) is 6.42 Å². The lowest BCUT2D eigenvalue weighted by atomic mass is 9.99. The molecule has 1 saturated carbocycles. The van der Waals surface area contributed by atoms with Crippen molar-refractivity contribution in [1.29, 1.82) is 0 Å². The molecule has 0 heterocycles. The van der Waals surface area contributed by atoms with E-state index in [1.54, 1.807) is 13.8 Å². The Morgan fingerprint density at radius 1 is 1.60 bits per heavy atom. The number of Topliss-reactive ketones (excluding diaryl/α,β-unsaturated/α-hetero) is 1. The minimum absolute atomic E-state index is 0.0185. The molecule has 0 bridgehead atoms. The molecule has 1 fully saturated rings. The Balaban J connectivity index is 2.32. The van der Waals surface area contributed by atoms with Crippen molar-refractivity contribution in [2.75, 3.05) is 0 Å². The van der Waals surface area contributed by atoms with Gasteiger partial charge in [-0.15, -0.1) is 0 Å². The van der Waals surface area contributed by atoms with Gasteiger partial charge in [0.25, 0.3) is 0 Å². The molecule has 2 heteroatoms. The lowest BCUT2D eigenvalue weighted by Gasteiger charge is -2.14. The smallest absolute Gasteiger partial charge is 0.164 e. The summed E-state index contributed by atoms with van der Waals surface area (Å²) >= 11 is 0. The lowest BCUT2D eigenvalue weighted by molar-refractivity contribution is -0.134. The van der Waals surface area contributed by atoms with Gasteiger partial charge >= 0.3 is 0 Å². The van der Waals surface area contributed by atoms with Gasteiger partial charge in [-0.3, -0.25) is 4.79 Å². The Morgan fingerprint density at radius 3 is 2.40 bits per heavy atom. The summed E-state index contributed by atoms with van der Waals surface area (Å²) in [7, 11) is 0. The fourth-order valence-corrected chi connectivity index (χ4v) is 0.834. The molecular formula is C8H14O2. The van der Waals surface area contributed by atoms with E-state index in [-0.39, 0.29) is 5.78 Å². The molecule has 0 radical (unpaired) electrons. The zero-order valence-electron chi connectivity index (χ0n) is 6.55. The zero-order chi connectivity index (χ0) is 7.78. The maximum atomic E-state index is 11.1. The minimum atomic E-state index is -1.11. The highest BCUT2D eigenvalue weighted by molar-refractivity contribution is 5.86. The van der Waals surface area contributed by atoms with Crippen LogP contribution in [0, 0.1) is 5.92 Å². The van der Waals surface area contributed by atoms with Crippen LogP contribution in [0.15, 0.2) is 0 Å². The molecule has 0 aromatic rings. The van der Waals surface area contributed by atoms with Crippen molar-refractivity contribution >= 4 is 5.78 Å². The van der Waals surface area contributed by atoms with Crippen molar-refractivity contribution in [2.24, 2.45) is 5.92 Å². The van der Waals surface area contributed by atoms with Crippen LogP contribution in [0.25, 0.3) is 0 Å². The first kappa shape index (κ1) is 7.73. The summed E-state index contributed by atoms with van der Waals surface area (Å²) < 4.78 is 0. The second-order valence-electron chi connectivity index (χ2n) is 3.63. The largest absolute Gasteiger partial charge is 0.383 e. The van der Waals surface area contributed by atoms with Gasteiger partial charge in [0.2, 0.25) is 0 Å². The van der Waals surface area contributed by atoms with Crippen LogP contribution in [-0.2, 0) is 4.79 Å². The van der Waals surface area contributed by atoms with Crippen molar-refractivity contribution in [2.45, 2.75) is 38.7 Å². The maximum Gasteiger partial charge on any atom is 0.164 e. The predicted octanol–water partition coefficient (Wildman–Crippen LogP) is 1.13. The van der Waals surface area contributed by atoms with Gasteiger partial charge < -0.3 is 5.11 Å². The predicted molar refractivity (Wildman–Crippen MR) is 38.6 cm³/mol. The van der Waals surface area contributed by atoms with E-state index in [2.05, 4.69) is 0 Å². The summed E-state index contributed by atoms with van der Waals surface area (Å²) in [5.41, 5.74) is -1.11. The minimum Gasteiger partial charge on any atom is -0.383 e. The van der Waals surface area contributed by atoms with E-state index < -0.39 is 5.60 Å². The summed E-state index contributed by atoms with van der Waals surface area (Å²) in [4.78, 5) is 11.1. The van der Waals surface area contributed by atoms with E-state index in [4.69, 9.17) is 0 Å². The molecule has 0 aromatic carbocycles. The van der Waals surface area contributed by atoms with Gasteiger partial charge in [-0.25, -0.2) is 0 Å². The molecule has 1 N–H and O–H groups in total. The van der Waals surface area contributed by atoms with Crippen molar-refractivity contribution in [3.8, 4) is 0 Å². The molecule has 1 aliphatic carbocycles. The second kappa shape index (κ2) is 2.35. The van der Waals surface area contributed by atoms with Gasteiger partial charge in [0.1, 0.15) is 5.60 Å². The van der Waals surface area contributed by atoms with E-state index in [0.29, 0.717) is 12.3 Å². The van der Waals surface area contributed by atoms with Crippen molar-refractivity contribution in [1.82, 2.24) is 0 Å². The van der Waals surface area contributed by atoms with E-state index in [1.807, 2.05) is 0 Å². The molecule has 10 heavy (non-hydrogen) atoms. The Hall–Kier alpha value is -0.370. The zero-order valence-corrected chi connectivity index (χ0v) is 6.55. The molecule has 1 rings (SSSR count). The standard InChI is InChI=1S/C8H14O2/c1-8(2,10)7(9)5-6-3-4-6/h6,10H,3-5H2,1-2H3. The van der Waals surface area contributed by atoms with Crippen molar-refractivity contribution < 1.29 is 9.90 Å². The molecule has 0 aliphatic heterocycles. The Bertz CT molecular complexity index is 140. The number of carbonyl (C=O) groups is 1. The molecule has 0 saturated heterocycles. The first-order valence-electron chi connectivity index (χ1n) is 3.76. The van der Waals surface area contributed by atoms with E-state index in [1.165, 1.54) is 12.8 Å². The second-order valence-corrected chi connectivity index (χ2v) is 3.63. The highest BCUT2D eigenvalue weighted by atomic mass is 16.3. The number of rotatable bonds is 3. The quantitative estimate of drug-likeness (QED) is 0.641. The molecule has 2 nitrogen and oxygen atoms in total. The van der Waals surface area contributed by atoms with Crippen LogP contribution in [0.3, 0.4) is 0 Å². The molecule has 0 aromatic heterocycles. The van der Waals surface area contributed by atoms with E-state index in [0.717, 1.165) is 0 Å². The van der Waals surface area contributed by atoms with Crippen LogP contribution in [0.1, 0.15) is 33.1 Å². The first-order valence-corrected chi connectivity index (χ1v) is 3.76. The Kier molecular flexibility index (Phi) is 1.82. The fraction of sp³-hybridized carbons (Fsp3) is 0.875. The third-order valence-corrected chi connectivity index (χ3v) is 1.85. The van der Waals surface area contributed by atoms with Gasteiger partial charge in [-0.1, -0.05) is 0 Å². The average Bonchev–Trinajstić information content (AvgIpc) is 2.47. The van der Waals surface area contributed by atoms with Crippen LogP contribution in [0.4, 0.5) is 0 Å². The number of hydrogen-bond acceptors (Lipinski definition) is 2. The van der Waals surface area contributed by atoms with Gasteiger partial charge in [-0.2, -0.15) is 0 Å². The number of aliphatic hydroxyl groups is 1. The molecule has 0 atom stereocenters. The molecule has 1 aliphatic rings. The summed E-state index contributed by atoms with van der Waals surface area (Å²) in [5, 5.41) is 9.21. The number of ketones is 1. The number of hydrogen-bond donors (Lipinski definition) is 1. The first-order chi connectivity index (χ1) is 4.50. The molecule has 0 unspecified atom stereocenters. The number of carbonyl (C=O) groups excluding carboxylic acids is 1. The Labute approximate surface area is 61.2 Å². The van der Waals surface area contributed by atoms with Gasteiger partial charge in [0.15, 0.2) is 5.78 Å². The van der Waals surface area contributed by atoms with Crippen molar-refractivity contribution in [3.05, 3.63) is 0 Å². The molecule has 0 amide bonds. The SMILES string of the molecule is CC(C)(O)C(=O)CC1CC1. The topological polar surface area (TPSA) is 37.3 Å². The molecular weight excluding hydrogens is 128 g/mol. The summed E-state index contributed by atoms with van der Waals surface area (Å²) in [6, 6.07) is 0. The third-order valence-electron chi connectivity index (χ3n) is 1.85. The Morgan fingerprint density at radius 2 is 2.10 bits per heavy atom. The monoisotopic (exact) mass is 142 g/mol. The highest BCUT2D eigenvalue weighted by Gasteiger charge is 2.31. The van der Waals surface area contributed by atoms with E-state index >= 15 is 0 Å². The fourth-order valence-electron chi connectivity index (χ4n) is 0.834. The van der Waals surface area contributed by atoms with Gasteiger partial charge in [-0.05, 0) is 32.6 Å². The van der Waals surface area contributed by atoms with Crippen LogP contribution >= 0.6 is 0 Å². The van der Waals surface area contributed by atoms with Crippen LogP contribution in [0.5, 0.6) is 0 Å². The normalized spacial score (nSPS) is 19.1. The van der Waals surface area contributed by atoms with Crippen molar-refractivity contribution in [3.63, 3.8) is 0 Å². The average molecular weight is 142 g/mol. The van der Waals surface area contributed by atoms with E-state index in [9.17, 15) is 9.90 Å². The highest BCUT2D eigenvalue weighted by Crippen LogP contribution is 2.33. The summed E-state index contributed by atoms with van der Waals surface area (Å²) in [6.45, 7) is 3.11. The lowest BCUT2D eigenvalue weighted by Crippen LogP contribution is -2.31. The maximum absolute atomic E-state index is 11.1. The summed E-state index contributed by atoms with van der Waals surface area (Å²) in [5.74, 6) is 0.564. The van der Waals surface area contributed by atoms with Crippen LogP contribution in [0.2, 0.25) is 0 Å². The summed E-state index contributed by atoms with van der Waals surface area (Å²) in [6.07, 6.45) is 2.91. The third kappa shape index (κ3) is 2.10. The van der Waals surface area contributed by atoms with Crippen LogP contribution < -0.4 is 0 Å². The molecule has 0 spiro atoms. The molecule has 58 valence electrons. The van der Waals surface area contributed by atoms with Gasteiger partial charge in [0.05, 0.1) is 0 Å². The van der Waals surface area contributed by atoms with Crippen LogP contribution in [-0.4, -0.2) is 16.5 Å².